The fourth-order valence-electron chi connectivity index (χ4n) is 4.40. The zero-order valence-corrected chi connectivity index (χ0v) is 23.5. The van der Waals surface area contributed by atoms with E-state index in [0.29, 0.717) is 22.3 Å². The quantitative estimate of drug-likeness (QED) is 0.180. The predicted molar refractivity (Wildman–Crippen MR) is 161 cm³/mol. The number of carboxylic acid groups (broad SMARTS) is 1. The summed E-state index contributed by atoms with van der Waals surface area (Å²) in [6, 6.07) is 29.9. The van der Waals surface area contributed by atoms with Gasteiger partial charge in [-0.25, -0.2) is 4.79 Å². The molecule has 0 fully saturated rings. The normalized spacial score (nSPS) is 11.8. The molecule has 1 atom stereocenters. The van der Waals surface area contributed by atoms with Crippen molar-refractivity contribution < 1.29 is 19.4 Å². The number of hydrogen-bond donors (Lipinski definition) is 2. The standard InChI is InChI=1S/C33H28ClNO4S/c1-2-21-3-5-23(6-4-21)20-39-28-14-7-22(8-15-28)17-29(33(37)38)35-32(36)31-19-26-18-25(11-16-30(26)40-31)24-9-12-27(34)13-10-24/h3-16,18-19,29H,2,17,20H2,1H3,(H,35,36)(H,37,38)/t29-/m0/s1. The number of carbonyl (C=O) groups excluding carboxylic acids is 1. The van der Waals surface area contributed by atoms with E-state index in [0.717, 1.165) is 38.8 Å². The molecular formula is C33H28ClNO4S. The summed E-state index contributed by atoms with van der Waals surface area (Å²) in [5, 5.41) is 14.1. The number of nitrogens with one attached hydrogen (secondary N) is 1. The molecule has 5 nitrogen and oxygen atoms in total. The fraction of sp³-hybridized carbons (Fsp3) is 0.152. The Morgan fingerprint density at radius 1 is 0.850 bits per heavy atom. The van der Waals surface area contributed by atoms with Crippen LogP contribution < -0.4 is 10.1 Å². The lowest BCUT2D eigenvalue weighted by molar-refractivity contribution is -0.139. The van der Waals surface area contributed by atoms with E-state index >= 15 is 0 Å². The predicted octanol–water partition coefficient (Wildman–Crippen LogP) is 7.79. The van der Waals surface area contributed by atoms with Crippen LogP contribution in [0.4, 0.5) is 0 Å². The van der Waals surface area contributed by atoms with Crippen molar-refractivity contribution in [3.8, 4) is 16.9 Å². The molecule has 2 N–H and O–H groups in total. The van der Waals surface area contributed by atoms with E-state index < -0.39 is 17.9 Å². The van der Waals surface area contributed by atoms with Crippen molar-refractivity contribution in [1.29, 1.82) is 0 Å². The minimum atomic E-state index is -1.09. The molecule has 0 radical (unpaired) electrons. The average Bonchev–Trinajstić information content (AvgIpc) is 3.41. The third kappa shape index (κ3) is 6.71. The number of hydrogen-bond acceptors (Lipinski definition) is 4. The van der Waals surface area contributed by atoms with Crippen molar-refractivity contribution in [3.05, 3.63) is 124 Å². The van der Waals surface area contributed by atoms with Gasteiger partial charge in [-0.3, -0.25) is 4.79 Å². The maximum atomic E-state index is 13.0. The molecule has 1 heterocycles. The van der Waals surface area contributed by atoms with E-state index in [-0.39, 0.29) is 6.42 Å². The van der Waals surface area contributed by atoms with Gasteiger partial charge in [-0.05, 0) is 82.1 Å². The van der Waals surface area contributed by atoms with E-state index in [1.165, 1.54) is 16.9 Å². The number of halogens is 1. The average molecular weight is 570 g/mol. The molecule has 0 unspecified atom stereocenters. The summed E-state index contributed by atoms with van der Waals surface area (Å²) in [5.41, 5.74) is 5.19. The van der Waals surface area contributed by atoms with Crippen LogP contribution in [0.25, 0.3) is 21.2 Å². The van der Waals surface area contributed by atoms with Crippen molar-refractivity contribution in [3.63, 3.8) is 0 Å². The van der Waals surface area contributed by atoms with Crippen LogP contribution in [0, 0.1) is 0 Å². The van der Waals surface area contributed by atoms with E-state index in [4.69, 9.17) is 16.3 Å². The van der Waals surface area contributed by atoms with Gasteiger partial charge in [-0.2, -0.15) is 0 Å². The summed E-state index contributed by atoms with van der Waals surface area (Å²) in [7, 11) is 0. The first-order valence-corrected chi connectivity index (χ1v) is 14.2. The zero-order chi connectivity index (χ0) is 28.1. The number of ether oxygens (including phenoxy) is 1. The smallest absolute Gasteiger partial charge is 0.326 e. The maximum absolute atomic E-state index is 13.0. The summed E-state index contributed by atoms with van der Waals surface area (Å²) < 4.78 is 6.83. The number of fused-ring (bicyclic) bond motifs is 1. The number of amides is 1. The molecule has 7 heteroatoms. The van der Waals surface area contributed by atoms with Gasteiger partial charge in [0.1, 0.15) is 18.4 Å². The maximum Gasteiger partial charge on any atom is 0.326 e. The first kappa shape index (κ1) is 27.4. The topological polar surface area (TPSA) is 75.6 Å². The lowest BCUT2D eigenvalue weighted by Crippen LogP contribution is -2.42. The highest BCUT2D eigenvalue weighted by molar-refractivity contribution is 7.20. The Hall–Kier alpha value is -4.13. The van der Waals surface area contributed by atoms with Crippen LogP contribution in [0.1, 0.15) is 33.3 Å². The Labute approximate surface area is 242 Å². The first-order chi connectivity index (χ1) is 19.4. The van der Waals surface area contributed by atoms with Gasteiger partial charge >= 0.3 is 5.97 Å². The van der Waals surface area contributed by atoms with Crippen LogP contribution >= 0.6 is 22.9 Å². The Balaban J connectivity index is 1.22. The molecule has 0 saturated heterocycles. The Morgan fingerprint density at radius 2 is 1.50 bits per heavy atom. The van der Waals surface area contributed by atoms with Crippen molar-refractivity contribution in [2.75, 3.05) is 0 Å². The Morgan fingerprint density at radius 3 is 2.17 bits per heavy atom. The van der Waals surface area contributed by atoms with Gasteiger partial charge in [0.25, 0.3) is 5.91 Å². The van der Waals surface area contributed by atoms with E-state index in [9.17, 15) is 14.7 Å². The SMILES string of the molecule is CCc1ccc(COc2ccc(C[C@H](NC(=O)c3cc4cc(-c5ccc(Cl)cc5)ccc4s3)C(=O)O)cc2)cc1. The zero-order valence-electron chi connectivity index (χ0n) is 21.9. The summed E-state index contributed by atoms with van der Waals surface area (Å²) >= 11 is 7.34. The molecule has 5 rings (SSSR count). The molecule has 1 amide bonds. The molecule has 0 aliphatic rings. The summed E-state index contributed by atoms with van der Waals surface area (Å²) in [6.07, 6.45) is 1.15. The highest BCUT2D eigenvalue weighted by Gasteiger charge is 2.22. The van der Waals surface area contributed by atoms with Crippen molar-refractivity contribution in [2.45, 2.75) is 32.4 Å². The molecule has 40 heavy (non-hydrogen) atoms. The van der Waals surface area contributed by atoms with Crippen LogP contribution in [-0.2, 0) is 24.2 Å². The third-order valence-corrected chi connectivity index (χ3v) is 8.09. The summed E-state index contributed by atoms with van der Waals surface area (Å²) in [6.45, 7) is 2.57. The second kappa shape index (κ2) is 12.4. The Kier molecular flexibility index (Phi) is 8.48. The van der Waals surface area contributed by atoms with Gasteiger partial charge in [-0.15, -0.1) is 11.3 Å². The number of aliphatic carboxylic acids is 1. The monoisotopic (exact) mass is 569 g/mol. The second-order valence-corrected chi connectivity index (χ2v) is 11.1. The molecule has 0 saturated carbocycles. The summed E-state index contributed by atoms with van der Waals surface area (Å²) in [4.78, 5) is 25.5. The number of benzene rings is 4. The molecule has 0 aliphatic heterocycles. The van der Waals surface area contributed by atoms with Crippen molar-refractivity contribution >= 4 is 44.9 Å². The van der Waals surface area contributed by atoms with E-state index in [1.54, 1.807) is 6.07 Å². The van der Waals surface area contributed by atoms with Gasteiger partial charge in [0.2, 0.25) is 0 Å². The van der Waals surface area contributed by atoms with Gasteiger partial charge in [0.05, 0.1) is 4.88 Å². The fourth-order valence-corrected chi connectivity index (χ4v) is 5.47. The molecule has 0 spiro atoms. The van der Waals surface area contributed by atoms with Crippen LogP contribution in [0.3, 0.4) is 0 Å². The van der Waals surface area contributed by atoms with Gasteiger partial charge in [0, 0.05) is 16.1 Å². The molecule has 0 aliphatic carbocycles. The molecule has 202 valence electrons. The number of carbonyl (C=O) groups is 2. The van der Waals surface area contributed by atoms with Crippen molar-refractivity contribution in [2.24, 2.45) is 0 Å². The molecule has 4 aromatic carbocycles. The van der Waals surface area contributed by atoms with Crippen LogP contribution in [0.15, 0.2) is 97.1 Å². The second-order valence-electron chi connectivity index (χ2n) is 9.54. The molecule has 5 aromatic rings. The van der Waals surface area contributed by atoms with Crippen LogP contribution in [0.2, 0.25) is 5.02 Å². The molecule has 1 aromatic heterocycles. The van der Waals surface area contributed by atoms with Crippen molar-refractivity contribution in [1.82, 2.24) is 5.32 Å². The first-order valence-electron chi connectivity index (χ1n) is 13.0. The number of carboxylic acids is 1. The van der Waals surface area contributed by atoms with Crippen LogP contribution in [-0.4, -0.2) is 23.0 Å². The van der Waals surface area contributed by atoms with Gasteiger partial charge in [-0.1, -0.05) is 73.1 Å². The minimum absolute atomic E-state index is 0.158. The van der Waals surface area contributed by atoms with E-state index in [2.05, 4.69) is 36.5 Å². The Bertz CT molecular complexity index is 1630. The summed E-state index contributed by atoms with van der Waals surface area (Å²) in [5.74, 6) is -0.798. The lowest BCUT2D eigenvalue weighted by atomic mass is 10.0. The van der Waals surface area contributed by atoms with Gasteiger partial charge in [0.15, 0.2) is 0 Å². The molecule has 0 bridgehead atoms. The van der Waals surface area contributed by atoms with E-state index in [1.807, 2.05) is 66.7 Å². The number of thiophene rings is 1. The molecular weight excluding hydrogens is 542 g/mol. The number of rotatable bonds is 10. The lowest BCUT2D eigenvalue weighted by Gasteiger charge is -2.14. The minimum Gasteiger partial charge on any atom is -0.489 e. The number of aryl methyl sites for hydroxylation is 1. The highest BCUT2D eigenvalue weighted by atomic mass is 35.5. The van der Waals surface area contributed by atoms with Crippen LogP contribution in [0.5, 0.6) is 5.75 Å². The third-order valence-electron chi connectivity index (χ3n) is 6.72. The highest BCUT2D eigenvalue weighted by Crippen LogP contribution is 2.31. The largest absolute Gasteiger partial charge is 0.489 e. The van der Waals surface area contributed by atoms with Gasteiger partial charge < -0.3 is 15.2 Å².